The summed E-state index contributed by atoms with van der Waals surface area (Å²) < 4.78 is 1.09. The molecule has 0 aliphatic carbocycles. The van der Waals surface area contributed by atoms with E-state index in [4.69, 9.17) is 4.98 Å². The van der Waals surface area contributed by atoms with E-state index in [1.54, 1.807) is 12.4 Å². The summed E-state index contributed by atoms with van der Waals surface area (Å²) in [5, 5.41) is 7.29. The van der Waals surface area contributed by atoms with Crippen LogP contribution in [0.3, 0.4) is 0 Å². The standard InChI is InChI=1S/C19H21N3OS.C18H19N3OS.CH3I.ClH/c1-22(2)9-7-13(8-10-22)17-12-24-19(21-17)18(23)15-11-20-16-6-4-3-5-14(15)16;1-21-8-6-12(7-9-21)16-11-23-18(20-16)17(22)14-10-19-15-5-3-2-4-13(14)15;1-2;/h3-6,11-13H,7-10H2,1-2H3;2-5,10-12,19H,6-9H2,1H3;1H3;1H. The number of nitrogens with zero attached hydrogens (tertiary/aromatic N) is 4. The molecule has 8 rings (SSSR count). The lowest BCUT2D eigenvalue weighted by Crippen LogP contribution is -3.00. The van der Waals surface area contributed by atoms with Crippen LogP contribution in [0.1, 0.15) is 79.6 Å². The highest BCUT2D eigenvalue weighted by molar-refractivity contribution is 14.1. The fourth-order valence-corrected chi connectivity index (χ4v) is 8.48. The smallest absolute Gasteiger partial charge is 0.223 e. The fourth-order valence-electron chi connectivity index (χ4n) is 6.77. The van der Waals surface area contributed by atoms with Gasteiger partial charge in [0.2, 0.25) is 11.6 Å². The number of quaternary nitrogens is 1. The van der Waals surface area contributed by atoms with Crippen molar-refractivity contribution >= 4 is 78.6 Å². The Morgan fingerprint density at radius 2 is 1.16 bits per heavy atom. The van der Waals surface area contributed by atoms with Crippen LogP contribution in [0.4, 0.5) is 0 Å². The molecule has 264 valence electrons. The second kappa shape index (κ2) is 17.1. The molecule has 8 nitrogen and oxygen atoms in total. The number of H-pyrrole nitrogens is 2. The second-order valence-corrected chi connectivity index (χ2v) is 15.3. The summed E-state index contributed by atoms with van der Waals surface area (Å²) in [6, 6.07) is 15.8. The van der Waals surface area contributed by atoms with Gasteiger partial charge in [0.1, 0.15) is 0 Å². The van der Waals surface area contributed by atoms with Gasteiger partial charge in [0, 0.05) is 69.6 Å². The highest BCUT2D eigenvalue weighted by Gasteiger charge is 2.29. The number of piperidine rings is 2. The second-order valence-electron chi connectivity index (χ2n) is 13.5. The van der Waals surface area contributed by atoms with Crippen LogP contribution in [0.15, 0.2) is 71.7 Å². The van der Waals surface area contributed by atoms with E-state index in [1.807, 2.05) is 53.5 Å². The minimum atomic E-state index is 0. The lowest BCUT2D eigenvalue weighted by molar-refractivity contribution is -0.895. The summed E-state index contributed by atoms with van der Waals surface area (Å²) >= 11 is 5.10. The molecule has 0 unspecified atom stereocenters. The van der Waals surface area contributed by atoms with Gasteiger partial charge in [0.25, 0.3) is 0 Å². The number of thiazole rings is 2. The number of aromatic nitrogens is 4. The van der Waals surface area contributed by atoms with E-state index in [2.05, 4.69) is 74.3 Å². The minimum absolute atomic E-state index is 0. The SMILES string of the molecule is CI.CN1CCC(c2csc(C(=O)c3c[nH]c4ccccc34)n2)CC1.C[N+]1(C)CCC(c2csc(C(=O)c3c[nH]c4ccccc34)n2)CC1.[Cl-]. The molecule has 0 radical (unpaired) electrons. The van der Waals surface area contributed by atoms with Crippen LogP contribution in [-0.4, -0.2) is 93.1 Å². The predicted octanol–water partition coefficient (Wildman–Crippen LogP) is 5.53. The number of carbonyl (C=O) groups excluding carboxylic acids is 2. The molecular weight excluding hydrogens is 799 g/mol. The average molecular weight is 843 g/mol. The minimum Gasteiger partial charge on any atom is -1.00 e. The topological polar surface area (TPSA) is 94.7 Å². The Labute approximate surface area is 321 Å². The number of nitrogens with one attached hydrogen (secondary N) is 2. The van der Waals surface area contributed by atoms with E-state index in [-0.39, 0.29) is 24.0 Å². The number of halogens is 2. The Morgan fingerprint density at radius 1 is 0.740 bits per heavy atom. The summed E-state index contributed by atoms with van der Waals surface area (Å²) in [4.78, 5) is 45.6. The first kappa shape index (κ1) is 38.3. The number of ketones is 2. The van der Waals surface area contributed by atoms with Gasteiger partial charge in [-0.1, -0.05) is 59.0 Å². The van der Waals surface area contributed by atoms with Crippen LogP contribution < -0.4 is 12.4 Å². The van der Waals surface area contributed by atoms with Crippen molar-refractivity contribution in [2.45, 2.75) is 37.5 Å². The van der Waals surface area contributed by atoms with Crippen LogP contribution in [0.5, 0.6) is 0 Å². The van der Waals surface area contributed by atoms with E-state index in [0.717, 1.165) is 76.4 Å². The molecular formula is C38H44ClIN6O2S2. The van der Waals surface area contributed by atoms with Gasteiger partial charge in [-0.05, 0) is 50.0 Å². The monoisotopic (exact) mass is 842 g/mol. The fraction of sp³-hybridized carbons (Fsp3) is 0.368. The Bertz CT molecular complexity index is 2030. The first-order valence-corrected chi connectivity index (χ1v) is 20.7. The third kappa shape index (κ3) is 8.56. The lowest BCUT2D eigenvalue weighted by Gasteiger charge is -2.36. The molecule has 12 heteroatoms. The van der Waals surface area contributed by atoms with Crippen molar-refractivity contribution < 1.29 is 26.5 Å². The molecule has 2 N–H and O–H groups in total. The summed E-state index contributed by atoms with van der Waals surface area (Å²) in [6.45, 7) is 4.56. The molecule has 2 aliphatic rings. The van der Waals surface area contributed by atoms with Crippen LogP contribution >= 0.6 is 45.3 Å². The zero-order valence-corrected chi connectivity index (χ0v) is 33.5. The van der Waals surface area contributed by atoms with Gasteiger partial charge >= 0.3 is 0 Å². The number of alkyl halides is 1. The highest BCUT2D eigenvalue weighted by atomic mass is 127. The third-order valence-corrected chi connectivity index (χ3v) is 11.5. The van der Waals surface area contributed by atoms with Gasteiger partial charge in [-0.15, -0.1) is 22.7 Å². The molecule has 0 atom stereocenters. The van der Waals surface area contributed by atoms with E-state index >= 15 is 0 Å². The average Bonchev–Trinajstić information content (AvgIpc) is 3.95. The number of aromatic amines is 2. The van der Waals surface area contributed by atoms with Gasteiger partial charge < -0.3 is 31.8 Å². The maximum atomic E-state index is 12.8. The Hall–Kier alpha value is -2.94. The number of para-hydroxylation sites is 2. The first-order valence-electron chi connectivity index (χ1n) is 16.8. The molecule has 0 saturated carbocycles. The molecule has 2 fully saturated rings. The number of rotatable bonds is 6. The Morgan fingerprint density at radius 3 is 1.62 bits per heavy atom. The van der Waals surface area contributed by atoms with Crippen molar-refractivity contribution in [1.82, 2.24) is 24.8 Å². The molecule has 6 aromatic rings. The number of likely N-dealkylation sites (tertiary alicyclic amines) is 2. The van der Waals surface area contributed by atoms with Crippen LogP contribution in [0.2, 0.25) is 0 Å². The van der Waals surface area contributed by atoms with Crippen molar-refractivity contribution in [3.8, 4) is 0 Å². The van der Waals surface area contributed by atoms with Crippen molar-refractivity contribution in [3.63, 3.8) is 0 Å². The van der Waals surface area contributed by atoms with E-state index in [0.29, 0.717) is 33.0 Å². The van der Waals surface area contributed by atoms with Crippen molar-refractivity contribution in [3.05, 3.63) is 104 Å². The summed E-state index contributed by atoms with van der Waals surface area (Å²) in [6.07, 6.45) is 8.15. The Kier molecular flexibility index (Phi) is 13.1. The number of benzene rings is 2. The molecule has 0 spiro atoms. The number of carbonyl (C=O) groups is 2. The van der Waals surface area contributed by atoms with Crippen LogP contribution in [-0.2, 0) is 0 Å². The summed E-state index contributed by atoms with van der Waals surface area (Å²) in [5.74, 6) is 1.03. The number of hydrogen-bond donors (Lipinski definition) is 2. The largest absolute Gasteiger partial charge is 1.00 e. The molecule has 0 amide bonds. The molecule has 50 heavy (non-hydrogen) atoms. The summed E-state index contributed by atoms with van der Waals surface area (Å²) in [5.41, 5.74) is 5.60. The molecule has 4 aromatic heterocycles. The van der Waals surface area contributed by atoms with Crippen LogP contribution in [0, 0.1) is 0 Å². The van der Waals surface area contributed by atoms with Gasteiger partial charge in [0.05, 0.1) is 49.7 Å². The maximum Gasteiger partial charge on any atom is 0.223 e. The Balaban J connectivity index is 0.000000182. The third-order valence-electron chi connectivity index (χ3n) is 9.82. The highest BCUT2D eigenvalue weighted by Crippen LogP contribution is 2.32. The van der Waals surface area contributed by atoms with E-state index in [9.17, 15) is 9.59 Å². The van der Waals surface area contributed by atoms with Gasteiger partial charge in [-0.25, -0.2) is 9.97 Å². The molecule has 6 heterocycles. The zero-order chi connectivity index (χ0) is 34.5. The normalized spacial score (nSPS) is 16.6. The predicted molar refractivity (Wildman–Crippen MR) is 211 cm³/mol. The van der Waals surface area contributed by atoms with Crippen molar-refractivity contribution in [2.24, 2.45) is 0 Å². The summed E-state index contributed by atoms with van der Waals surface area (Å²) in [7, 11) is 6.72. The maximum absolute atomic E-state index is 12.8. The number of fused-ring (bicyclic) bond motifs is 2. The van der Waals surface area contributed by atoms with Crippen molar-refractivity contribution in [2.75, 3.05) is 52.3 Å². The zero-order valence-electron chi connectivity index (χ0n) is 28.9. The quantitative estimate of drug-likeness (QED) is 0.0997. The molecule has 0 bridgehead atoms. The van der Waals surface area contributed by atoms with Gasteiger partial charge in [0.15, 0.2) is 10.0 Å². The van der Waals surface area contributed by atoms with Gasteiger partial charge in [-0.3, -0.25) is 9.59 Å². The van der Waals surface area contributed by atoms with E-state index in [1.165, 1.54) is 35.8 Å². The van der Waals surface area contributed by atoms with E-state index < -0.39 is 0 Å². The number of hydrogen-bond acceptors (Lipinski definition) is 7. The molecule has 2 aliphatic heterocycles. The molecule has 2 aromatic carbocycles. The first-order chi connectivity index (χ1) is 23.8. The van der Waals surface area contributed by atoms with Gasteiger partial charge in [-0.2, -0.15) is 0 Å². The van der Waals surface area contributed by atoms with Crippen molar-refractivity contribution in [1.29, 1.82) is 0 Å². The lowest BCUT2D eigenvalue weighted by atomic mass is 9.93. The molecule has 2 saturated heterocycles. The van der Waals surface area contributed by atoms with Crippen LogP contribution in [0.25, 0.3) is 21.8 Å².